The quantitative estimate of drug-likeness (QED) is 0.855. The van der Waals surface area contributed by atoms with Crippen molar-refractivity contribution < 1.29 is 14.6 Å². The fraction of sp³-hybridized carbons (Fsp3) is 0.467. The Bertz CT molecular complexity index is 483. The van der Waals surface area contributed by atoms with Crippen molar-refractivity contribution in [3.63, 3.8) is 0 Å². The second kappa shape index (κ2) is 6.92. The second-order valence-electron chi connectivity index (χ2n) is 5.15. The lowest BCUT2D eigenvalue weighted by Crippen LogP contribution is -2.44. The summed E-state index contributed by atoms with van der Waals surface area (Å²) in [6.07, 6.45) is 0. The summed E-state index contributed by atoms with van der Waals surface area (Å²) >= 11 is 0. The van der Waals surface area contributed by atoms with Crippen LogP contribution in [0.5, 0.6) is 5.75 Å². The van der Waals surface area contributed by atoms with Crippen LogP contribution in [-0.4, -0.2) is 41.2 Å². The zero-order valence-corrected chi connectivity index (χ0v) is 12.1. The molecule has 0 aliphatic heterocycles. The Hall–Kier alpha value is -2.06. The third-order valence-corrected chi connectivity index (χ3v) is 2.66. The largest absolute Gasteiger partial charge is 0.484 e. The predicted molar refractivity (Wildman–Crippen MR) is 75.2 cm³/mol. The minimum absolute atomic E-state index is 0.0875. The Kier molecular flexibility index (Phi) is 5.53. The van der Waals surface area contributed by atoms with Crippen molar-refractivity contribution in [2.45, 2.75) is 26.4 Å². The predicted octanol–water partition coefficient (Wildman–Crippen LogP) is 1.56. The maximum atomic E-state index is 12.0. The molecule has 0 aliphatic carbocycles. The number of hydrogen-bond donors (Lipinski definition) is 1. The number of rotatable bonds is 6. The van der Waals surface area contributed by atoms with Crippen LogP contribution in [0, 0.1) is 11.3 Å². The van der Waals surface area contributed by atoms with Crippen LogP contribution in [0.25, 0.3) is 0 Å². The van der Waals surface area contributed by atoms with Gasteiger partial charge in [0.25, 0.3) is 5.91 Å². The molecule has 0 atom stereocenters. The van der Waals surface area contributed by atoms with E-state index in [4.69, 9.17) is 10.00 Å². The first-order valence-corrected chi connectivity index (χ1v) is 6.49. The fourth-order valence-corrected chi connectivity index (χ4v) is 1.71. The zero-order chi connectivity index (χ0) is 15.2. The SMILES string of the molecule is CCN(CC(C)(C)O)C(=O)COc1ccc(C#N)cc1. The monoisotopic (exact) mass is 276 g/mol. The lowest BCUT2D eigenvalue weighted by Gasteiger charge is -2.28. The van der Waals surface area contributed by atoms with E-state index in [1.807, 2.05) is 13.0 Å². The Labute approximate surface area is 119 Å². The molecule has 0 fully saturated rings. The molecule has 5 nitrogen and oxygen atoms in total. The van der Waals surface area contributed by atoms with E-state index in [2.05, 4.69) is 0 Å². The number of ether oxygens (including phenoxy) is 1. The van der Waals surface area contributed by atoms with Gasteiger partial charge in [0.15, 0.2) is 6.61 Å². The molecular weight excluding hydrogens is 256 g/mol. The van der Waals surface area contributed by atoms with Crippen LogP contribution in [0.4, 0.5) is 0 Å². The van der Waals surface area contributed by atoms with Crippen molar-refractivity contribution in [3.8, 4) is 11.8 Å². The van der Waals surface area contributed by atoms with E-state index in [0.29, 0.717) is 17.9 Å². The first kappa shape index (κ1) is 16.0. The van der Waals surface area contributed by atoms with E-state index in [-0.39, 0.29) is 19.1 Å². The number of likely N-dealkylation sites (N-methyl/N-ethyl adjacent to an activating group) is 1. The molecule has 1 aromatic carbocycles. The fourth-order valence-electron chi connectivity index (χ4n) is 1.71. The average Bonchev–Trinajstić information content (AvgIpc) is 2.41. The van der Waals surface area contributed by atoms with Gasteiger partial charge >= 0.3 is 0 Å². The summed E-state index contributed by atoms with van der Waals surface area (Å²) in [5.41, 5.74) is -0.388. The van der Waals surface area contributed by atoms with Crippen LogP contribution < -0.4 is 4.74 Å². The van der Waals surface area contributed by atoms with E-state index in [9.17, 15) is 9.90 Å². The van der Waals surface area contributed by atoms with E-state index in [0.717, 1.165) is 0 Å². The van der Waals surface area contributed by atoms with Gasteiger partial charge < -0.3 is 14.7 Å². The zero-order valence-electron chi connectivity index (χ0n) is 12.1. The highest BCUT2D eigenvalue weighted by atomic mass is 16.5. The molecule has 1 aromatic rings. The van der Waals surface area contributed by atoms with Crippen LogP contribution in [-0.2, 0) is 4.79 Å². The minimum atomic E-state index is -0.930. The summed E-state index contributed by atoms with van der Waals surface area (Å²) < 4.78 is 5.38. The summed E-state index contributed by atoms with van der Waals surface area (Å²) in [6, 6.07) is 8.58. The van der Waals surface area contributed by atoms with Crippen LogP contribution in [0.2, 0.25) is 0 Å². The standard InChI is InChI=1S/C15H20N2O3/c1-4-17(11-15(2,3)19)14(18)10-20-13-7-5-12(9-16)6-8-13/h5-8,19H,4,10-11H2,1-3H3. The van der Waals surface area contributed by atoms with Crippen molar-refractivity contribution in [1.29, 1.82) is 5.26 Å². The van der Waals surface area contributed by atoms with E-state index in [1.165, 1.54) is 0 Å². The molecule has 0 aromatic heterocycles. The summed E-state index contributed by atoms with van der Waals surface area (Å²) in [4.78, 5) is 13.5. The number of carbonyl (C=O) groups excluding carboxylic acids is 1. The van der Waals surface area contributed by atoms with Gasteiger partial charge in [-0.05, 0) is 45.0 Å². The topological polar surface area (TPSA) is 73.6 Å². The molecule has 0 heterocycles. The number of hydrogen-bond acceptors (Lipinski definition) is 4. The molecule has 1 rings (SSSR count). The molecule has 5 heteroatoms. The summed E-state index contributed by atoms with van der Waals surface area (Å²) in [5.74, 6) is 0.357. The van der Waals surface area contributed by atoms with Crippen molar-refractivity contribution in [1.82, 2.24) is 4.90 Å². The van der Waals surface area contributed by atoms with Gasteiger partial charge in [-0.2, -0.15) is 5.26 Å². The van der Waals surface area contributed by atoms with E-state index < -0.39 is 5.60 Å². The highest BCUT2D eigenvalue weighted by molar-refractivity contribution is 5.77. The summed E-state index contributed by atoms with van der Waals surface area (Å²) in [5, 5.41) is 18.4. The van der Waals surface area contributed by atoms with Crippen molar-refractivity contribution >= 4 is 5.91 Å². The van der Waals surface area contributed by atoms with Crippen LogP contribution in [0.15, 0.2) is 24.3 Å². The smallest absolute Gasteiger partial charge is 0.260 e. The van der Waals surface area contributed by atoms with Crippen molar-refractivity contribution in [3.05, 3.63) is 29.8 Å². The van der Waals surface area contributed by atoms with Crippen molar-refractivity contribution in [2.24, 2.45) is 0 Å². The Morgan fingerprint density at radius 1 is 1.40 bits per heavy atom. The molecule has 0 unspecified atom stereocenters. The molecule has 0 saturated carbocycles. The number of nitrogens with zero attached hydrogens (tertiary/aromatic N) is 2. The number of benzene rings is 1. The minimum Gasteiger partial charge on any atom is -0.484 e. The number of amides is 1. The first-order valence-electron chi connectivity index (χ1n) is 6.49. The van der Waals surface area contributed by atoms with Gasteiger partial charge in [-0.3, -0.25) is 4.79 Å². The normalized spacial score (nSPS) is 10.8. The number of carbonyl (C=O) groups is 1. The second-order valence-corrected chi connectivity index (χ2v) is 5.15. The molecule has 0 radical (unpaired) electrons. The van der Waals surface area contributed by atoms with Crippen LogP contribution in [0.1, 0.15) is 26.3 Å². The molecule has 1 amide bonds. The van der Waals surface area contributed by atoms with Gasteiger partial charge in [0, 0.05) is 13.1 Å². The molecule has 0 spiro atoms. The number of aliphatic hydroxyl groups is 1. The van der Waals surface area contributed by atoms with Gasteiger partial charge in [-0.25, -0.2) is 0 Å². The van der Waals surface area contributed by atoms with Gasteiger partial charge in [0.05, 0.1) is 17.2 Å². The lowest BCUT2D eigenvalue weighted by molar-refractivity contribution is -0.136. The summed E-state index contributed by atoms with van der Waals surface area (Å²) in [6.45, 7) is 5.86. The first-order chi connectivity index (χ1) is 9.35. The van der Waals surface area contributed by atoms with Gasteiger partial charge in [0.2, 0.25) is 0 Å². The Balaban J connectivity index is 2.54. The Morgan fingerprint density at radius 2 is 2.00 bits per heavy atom. The molecule has 0 saturated heterocycles. The highest BCUT2D eigenvalue weighted by Gasteiger charge is 2.21. The third-order valence-electron chi connectivity index (χ3n) is 2.66. The third kappa shape index (κ3) is 5.29. The van der Waals surface area contributed by atoms with Crippen LogP contribution in [0.3, 0.4) is 0 Å². The molecule has 1 N–H and O–H groups in total. The average molecular weight is 276 g/mol. The molecule has 108 valence electrons. The van der Waals surface area contributed by atoms with Gasteiger partial charge in [0.1, 0.15) is 5.75 Å². The highest BCUT2D eigenvalue weighted by Crippen LogP contribution is 2.12. The van der Waals surface area contributed by atoms with Gasteiger partial charge in [-0.1, -0.05) is 0 Å². The lowest BCUT2D eigenvalue weighted by atomic mass is 10.1. The molecular formula is C15H20N2O3. The van der Waals surface area contributed by atoms with E-state index in [1.54, 1.807) is 43.0 Å². The summed E-state index contributed by atoms with van der Waals surface area (Å²) in [7, 11) is 0. The van der Waals surface area contributed by atoms with Gasteiger partial charge in [-0.15, -0.1) is 0 Å². The maximum absolute atomic E-state index is 12.0. The van der Waals surface area contributed by atoms with Crippen LogP contribution >= 0.6 is 0 Å². The van der Waals surface area contributed by atoms with Crippen molar-refractivity contribution in [2.75, 3.05) is 19.7 Å². The van der Waals surface area contributed by atoms with E-state index >= 15 is 0 Å². The molecule has 20 heavy (non-hydrogen) atoms. The molecule has 0 bridgehead atoms. The number of nitriles is 1. The molecule has 0 aliphatic rings. The Morgan fingerprint density at radius 3 is 2.45 bits per heavy atom. The maximum Gasteiger partial charge on any atom is 0.260 e.